The lowest BCUT2D eigenvalue weighted by atomic mass is 9.96. The second-order valence-electron chi connectivity index (χ2n) is 8.51. The molecule has 2 saturated heterocycles. The van der Waals surface area contributed by atoms with Crippen LogP contribution in [0, 0.1) is 5.92 Å². The number of piperidine rings is 1. The van der Waals surface area contributed by atoms with Crippen LogP contribution in [0.4, 0.5) is 18.9 Å². The van der Waals surface area contributed by atoms with E-state index in [0.717, 1.165) is 45.0 Å². The van der Waals surface area contributed by atoms with E-state index in [1.807, 2.05) is 0 Å². The van der Waals surface area contributed by atoms with Gasteiger partial charge < -0.3 is 4.90 Å². The summed E-state index contributed by atoms with van der Waals surface area (Å²) in [6.45, 7) is 7.14. The highest BCUT2D eigenvalue weighted by Crippen LogP contribution is 2.35. The zero-order valence-corrected chi connectivity index (χ0v) is 17.3. The summed E-state index contributed by atoms with van der Waals surface area (Å²) in [4.78, 5) is 7.05. The van der Waals surface area contributed by atoms with Gasteiger partial charge in [0.2, 0.25) is 0 Å². The van der Waals surface area contributed by atoms with Gasteiger partial charge in [0.1, 0.15) is 0 Å². The summed E-state index contributed by atoms with van der Waals surface area (Å²) in [6.07, 6.45) is -3.67. The second-order valence-corrected chi connectivity index (χ2v) is 8.51. The highest BCUT2D eigenvalue weighted by molar-refractivity contribution is 5.48. The first-order chi connectivity index (χ1) is 14.5. The number of hydrogen-bond donors (Lipinski definition) is 0. The van der Waals surface area contributed by atoms with Crippen molar-refractivity contribution in [3.63, 3.8) is 0 Å². The molecule has 2 aliphatic rings. The van der Waals surface area contributed by atoms with Gasteiger partial charge in [-0.2, -0.15) is 13.2 Å². The van der Waals surface area contributed by atoms with Gasteiger partial charge in [-0.25, -0.2) is 0 Å². The maximum atomic E-state index is 12.9. The molecule has 0 bridgehead atoms. The van der Waals surface area contributed by atoms with Crippen LogP contribution in [0.2, 0.25) is 0 Å². The van der Waals surface area contributed by atoms with Crippen molar-refractivity contribution in [1.82, 2.24) is 9.80 Å². The standard InChI is InChI=1S/C24H30F3N3/c25-24(26,27)22-10-12-30(13-11-22)23-8-6-21(7-9-23)19-29-16-14-28(15-17-29)18-20-4-2-1-3-5-20/h1-9,22H,10-19H2. The molecule has 0 radical (unpaired) electrons. The van der Waals surface area contributed by atoms with Gasteiger partial charge in [0, 0.05) is 58.0 Å². The minimum Gasteiger partial charge on any atom is -0.372 e. The Labute approximate surface area is 177 Å². The fourth-order valence-electron chi connectivity index (χ4n) is 4.48. The van der Waals surface area contributed by atoms with E-state index in [1.54, 1.807) is 0 Å². The van der Waals surface area contributed by atoms with E-state index in [0.29, 0.717) is 13.1 Å². The number of rotatable bonds is 5. The number of piperazine rings is 1. The Bertz CT molecular complexity index is 776. The van der Waals surface area contributed by atoms with E-state index in [1.165, 1.54) is 11.1 Å². The van der Waals surface area contributed by atoms with Crippen molar-refractivity contribution in [2.45, 2.75) is 32.1 Å². The lowest BCUT2D eigenvalue weighted by Gasteiger charge is -2.35. The third-order valence-electron chi connectivity index (χ3n) is 6.38. The largest absolute Gasteiger partial charge is 0.391 e. The molecule has 162 valence electrons. The van der Waals surface area contributed by atoms with Crippen LogP contribution in [0.5, 0.6) is 0 Å². The predicted molar refractivity (Wildman–Crippen MR) is 114 cm³/mol. The van der Waals surface area contributed by atoms with E-state index in [4.69, 9.17) is 0 Å². The smallest absolute Gasteiger partial charge is 0.372 e. The van der Waals surface area contributed by atoms with Crippen LogP contribution in [0.25, 0.3) is 0 Å². The van der Waals surface area contributed by atoms with Gasteiger partial charge in [-0.1, -0.05) is 42.5 Å². The lowest BCUT2D eigenvalue weighted by Crippen LogP contribution is -2.45. The zero-order valence-electron chi connectivity index (χ0n) is 17.3. The average Bonchev–Trinajstić information content (AvgIpc) is 2.76. The van der Waals surface area contributed by atoms with Gasteiger partial charge in [0.25, 0.3) is 0 Å². The predicted octanol–water partition coefficient (Wildman–Crippen LogP) is 4.78. The van der Waals surface area contributed by atoms with Crippen molar-refractivity contribution < 1.29 is 13.2 Å². The normalized spacial score (nSPS) is 19.9. The molecule has 0 aromatic heterocycles. The fraction of sp³-hybridized carbons (Fsp3) is 0.500. The molecule has 0 saturated carbocycles. The summed E-state index contributed by atoms with van der Waals surface area (Å²) >= 11 is 0. The summed E-state index contributed by atoms with van der Waals surface area (Å²) in [5, 5.41) is 0. The maximum absolute atomic E-state index is 12.9. The topological polar surface area (TPSA) is 9.72 Å². The van der Waals surface area contributed by atoms with Crippen molar-refractivity contribution in [1.29, 1.82) is 0 Å². The number of halogens is 3. The second kappa shape index (κ2) is 9.40. The van der Waals surface area contributed by atoms with Gasteiger partial charge in [-0.05, 0) is 36.1 Å². The van der Waals surface area contributed by atoms with Gasteiger partial charge in [0.15, 0.2) is 0 Å². The molecule has 30 heavy (non-hydrogen) atoms. The Kier molecular flexibility index (Phi) is 6.64. The molecule has 2 fully saturated rings. The molecule has 0 aliphatic carbocycles. The molecule has 0 atom stereocenters. The van der Waals surface area contributed by atoms with Gasteiger partial charge in [-0.3, -0.25) is 9.80 Å². The molecule has 2 aliphatic heterocycles. The number of alkyl halides is 3. The molecule has 0 N–H and O–H groups in total. The molecule has 4 rings (SSSR count). The van der Waals surface area contributed by atoms with E-state index in [-0.39, 0.29) is 12.8 Å². The minimum absolute atomic E-state index is 0.193. The molecule has 6 heteroatoms. The van der Waals surface area contributed by atoms with Crippen LogP contribution in [0.15, 0.2) is 54.6 Å². The fourth-order valence-corrected chi connectivity index (χ4v) is 4.48. The molecule has 0 spiro atoms. The summed E-state index contributed by atoms with van der Waals surface area (Å²) in [5.74, 6) is -1.14. The van der Waals surface area contributed by atoms with E-state index in [9.17, 15) is 13.2 Å². The molecule has 2 heterocycles. The first-order valence-corrected chi connectivity index (χ1v) is 10.9. The highest BCUT2D eigenvalue weighted by atomic mass is 19.4. The summed E-state index contributed by atoms with van der Waals surface area (Å²) in [6, 6.07) is 19.0. The number of nitrogens with zero attached hydrogens (tertiary/aromatic N) is 3. The van der Waals surface area contributed by atoms with Crippen LogP contribution in [-0.4, -0.2) is 55.2 Å². The number of hydrogen-bond acceptors (Lipinski definition) is 3. The van der Waals surface area contributed by atoms with Crippen LogP contribution in [0.1, 0.15) is 24.0 Å². The molecule has 0 amide bonds. The van der Waals surface area contributed by atoms with Crippen LogP contribution in [-0.2, 0) is 13.1 Å². The van der Waals surface area contributed by atoms with Crippen molar-refractivity contribution in [2.24, 2.45) is 5.92 Å². The van der Waals surface area contributed by atoms with Crippen molar-refractivity contribution in [3.8, 4) is 0 Å². The minimum atomic E-state index is -4.05. The highest BCUT2D eigenvalue weighted by Gasteiger charge is 2.41. The molecular weight excluding hydrogens is 387 g/mol. The molecular formula is C24H30F3N3. The quantitative estimate of drug-likeness (QED) is 0.693. The molecule has 2 aromatic carbocycles. The third kappa shape index (κ3) is 5.55. The Balaban J connectivity index is 1.23. The van der Waals surface area contributed by atoms with Crippen LogP contribution >= 0.6 is 0 Å². The SMILES string of the molecule is FC(F)(F)C1CCN(c2ccc(CN3CCN(Cc4ccccc4)CC3)cc2)CC1. The average molecular weight is 418 g/mol. The van der Waals surface area contributed by atoms with Gasteiger partial charge in [0.05, 0.1) is 5.92 Å². The Morgan fingerprint density at radius 3 is 1.67 bits per heavy atom. The van der Waals surface area contributed by atoms with Crippen LogP contribution in [0.3, 0.4) is 0 Å². The summed E-state index contributed by atoms with van der Waals surface area (Å²) in [5.41, 5.74) is 3.66. The van der Waals surface area contributed by atoms with Crippen molar-refractivity contribution in [3.05, 3.63) is 65.7 Å². The lowest BCUT2D eigenvalue weighted by molar-refractivity contribution is -0.179. The zero-order chi connectivity index (χ0) is 21.0. The van der Waals surface area contributed by atoms with Gasteiger partial charge in [-0.15, -0.1) is 0 Å². The van der Waals surface area contributed by atoms with E-state index < -0.39 is 12.1 Å². The Morgan fingerprint density at radius 2 is 1.17 bits per heavy atom. The summed E-state index contributed by atoms with van der Waals surface area (Å²) in [7, 11) is 0. The Morgan fingerprint density at radius 1 is 0.667 bits per heavy atom. The van der Waals surface area contributed by atoms with Crippen molar-refractivity contribution >= 4 is 5.69 Å². The molecule has 3 nitrogen and oxygen atoms in total. The maximum Gasteiger partial charge on any atom is 0.391 e. The monoisotopic (exact) mass is 417 g/mol. The third-order valence-corrected chi connectivity index (χ3v) is 6.38. The number of anilines is 1. The first kappa shape index (κ1) is 21.2. The van der Waals surface area contributed by atoms with Crippen LogP contribution < -0.4 is 4.90 Å². The number of benzene rings is 2. The summed E-state index contributed by atoms with van der Waals surface area (Å²) < 4.78 is 38.6. The van der Waals surface area contributed by atoms with Crippen molar-refractivity contribution in [2.75, 3.05) is 44.2 Å². The van der Waals surface area contributed by atoms with E-state index in [2.05, 4.69) is 69.3 Å². The molecule has 2 aromatic rings. The van der Waals surface area contributed by atoms with E-state index >= 15 is 0 Å². The van der Waals surface area contributed by atoms with Gasteiger partial charge >= 0.3 is 6.18 Å². The first-order valence-electron chi connectivity index (χ1n) is 10.9. The molecule has 0 unspecified atom stereocenters. The Hall–Kier alpha value is -2.05.